The lowest BCUT2D eigenvalue weighted by Gasteiger charge is -2.16. The van der Waals surface area contributed by atoms with Crippen molar-refractivity contribution in [2.45, 2.75) is 19.8 Å². The molecule has 0 bridgehead atoms. The lowest BCUT2D eigenvalue weighted by atomic mass is 10.4. The van der Waals surface area contributed by atoms with Crippen LogP contribution in [0, 0.1) is 6.92 Å². The van der Waals surface area contributed by atoms with E-state index in [1.54, 1.807) is 0 Å². The second kappa shape index (κ2) is 5.09. The zero-order valence-corrected chi connectivity index (χ0v) is 6.34. The van der Waals surface area contributed by atoms with Crippen LogP contribution in [0.3, 0.4) is 0 Å². The molecule has 0 saturated heterocycles. The van der Waals surface area contributed by atoms with Crippen molar-refractivity contribution in [3.8, 4) is 0 Å². The maximum absolute atomic E-state index is 10.4. The topological polar surface area (TPSA) is 40.5 Å². The van der Waals surface area contributed by atoms with E-state index in [1.165, 1.54) is 4.90 Å². The Bertz CT molecular complexity index is 97.8. The first kappa shape index (κ1) is 9.27. The summed E-state index contributed by atoms with van der Waals surface area (Å²) in [6, 6.07) is 0. The van der Waals surface area contributed by atoms with Crippen molar-refractivity contribution in [3.05, 3.63) is 6.92 Å². The first-order chi connectivity index (χ1) is 4.72. The van der Waals surface area contributed by atoms with E-state index in [2.05, 4.69) is 6.92 Å². The minimum Gasteiger partial charge on any atom is -0.465 e. The molecule has 3 nitrogen and oxygen atoms in total. The van der Waals surface area contributed by atoms with Crippen LogP contribution in [0.2, 0.25) is 0 Å². The van der Waals surface area contributed by atoms with Crippen LogP contribution in [-0.4, -0.2) is 29.2 Å². The van der Waals surface area contributed by atoms with Crippen LogP contribution in [0.25, 0.3) is 0 Å². The maximum atomic E-state index is 10.4. The third kappa shape index (κ3) is 3.33. The van der Waals surface area contributed by atoms with Crippen LogP contribution in [-0.2, 0) is 0 Å². The van der Waals surface area contributed by atoms with E-state index in [0.717, 1.165) is 6.42 Å². The minimum atomic E-state index is -0.842. The monoisotopic (exact) mass is 144 g/mol. The number of amides is 1. The van der Waals surface area contributed by atoms with E-state index in [9.17, 15) is 4.79 Å². The Kier molecular flexibility index (Phi) is 4.72. The van der Waals surface area contributed by atoms with Crippen LogP contribution in [0.5, 0.6) is 0 Å². The van der Waals surface area contributed by atoms with Gasteiger partial charge in [0, 0.05) is 13.1 Å². The third-order valence-corrected chi connectivity index (χ3v) is 1.19. The van der Waals surface area contributed by atoms with Gasteiger partial charge in [0.15, 0.2) is 0 Å². The summed E-state index contributed by atoms with van der Waals surface area (Å²) in [7, 11) is 0. The highest BCUT2D eigenvalue weighted by Gasteiger charge is 2.07. The molecule has 0 unspecified atom stereocenters. The maximum Gasteiger partial charge on any atom is 0.407 e. The summed E-state index contributed by atoms with van der Waals surface area (Å²) in [6.45, 7) is 6.70. The van der Waals surface area contributed by atoms with Crippen molar-refractivity contribution in [1.29, 1.82) is 0 Å². The molecule has 0 fully saturated rings. The highest BCUT2D eigenvalue weighted by atomic mass is 16.4. The van der Waals surface area contributed by atoms with Gasteiger partial charge in [0.25, 0.3) is 0 Å². The quantitative estimate of drug-likeness (QED) is 0.651. The zero-order valence-electron chi connectivity index (χ0n) is 6.34. The van der Waals surface area contributed by atoms with Crippen LogP contribution >= 0.6 is 0 Å². The zero-order chi connectivity index (χ0) is 7.98. The van der Waals surface area contributed by atoms with Crippen LogP contribution in [0.1, 0.15) is 19.8 Å². The molecule has 0 aromatic carbocycles. The normalized spacial score (nSPS) is 9.40. The van der Waals surface area contributed by atoms with Crippen LogP contribution < -0.4 is 0 Å². The molecule has 1 radical (unpaired) electrons. The minimum absolute atomic E-state index is 0.545. The van der Waals surface area contributed by atoms with Gasteiger partial charge in [0.1, 0.15) is 0 Å². The molecule has 0 aliphatic carbocycles. The van der Waals surface area contributed by atoms with Crippen molar-refractivity contribution in [3.63, 3.8) is 0 Å². The highest BCUT2D eigenvalue weighted by molar-refractivity contribution is 5.64. The molecule has 0 heterocycles. The van der Waals surface area contributed by atoms with Crippen molar-refractivity contribution in [1.82, 2.24) is 4.90 Å². The van der Waals surface area contributed by atoms with Crippen molar-refractivity contribution >= 4 is 6.09 Å². The summed E-state index contributed by atoms with van der Waals surface area (Å²) in [5.74, 6) is 0. The van der Waals surface area contributed by atoms with Crippen molar-refractivity contribution in [2.75, 3.05) is 13.1 Å². The van der Waals surface area contributed by atoms with Gasteiger partial charge in [-0.1, -0.05) is 13.8 Å². The second-order valence-electron chi connectivity index (χ2n) is 2.12. The lowest BCUT2D eigenvalue weighted by Crippen LogP contribution is -2.30. The molecule has 0 rings (SSSR count). The predicted octanol–water partition coefficient (Wildman–Crippen LogP) is 1.60. The largest absolute Gasteiger partial charge is 0.465 e. The molecule has 59 valence electrons. The number of hydrogen-bond acceptors (Lipinski definition) is 1. The van der Waals surface area contributed by atoms with Gasteiger partial charge < -0.3 is 10.0 Å². The van der Waals surface area contributed by atoms with E-state index in [4.69, 9.17) is 5.11 Å². The predicted molar refractivity (Wildman–Crippen MR) is 39.9 cm³/mol. The summed E-state index contributed by atoms with van der Waals surface area (Å²) in [5.41, 5.74) is 0. The van der Waals surface area contributed by atoms with Crippen LogP contribution in [0.15, 0.2) is 0 Å². The Balaban J connectivity index is 3.61. The molecule has 3 heteroatoms. The number of carboxylic acid groups (broad SMARTS) is 1. The molecule has 0 aromatic rings. The lowest BCUT2D eigenvalue weighted by molar-refractivity contribution is 0.146. The van der Waals surface area contributed by atoms with Gasteiger partial charge in [-0.05, 0) is 12.8 Å². The average molecular weight is 144 g/mol. The Morgan fingerprint density at radius 1 is 1.60 bits per heavy atom. The fourth-order valence-corrected chi connectivity index (χ4v) is 0.764. The summed E-state index contributed by atoms with van der Waals surface area (Å²) in [5, 5.41) is 8.53. The fraction of sp³-hybridized carbons (Fsp3) is 0.714. The Hall–Kier alpha value is -0.730. The fourth-order valence-electron chi connectivity index (χ4n) is 0.764. The highest BCUT2D eigenvalue weighted by Crippen LogP contribution is 1.93. The van der Waals surface area contributed by atoms with E-state index in [0.29, 0.717) is 19.5 Å². The smallest absolute Gasteiger partial charge is 0.407 e. The molecule has 1 N–H and O–H groups in total. The second-order valence-corrected chi connectivity index (χ2v) is 2.12. The van der Waals surface area contributed by atoms with E-state index >= 15 is 0 Å². The molecule has 0 aromatic heterocycles. The van der Waals surface area contributed by atoms with Crippen molar-refractivity contribution < 1.29 is 9.90 Å². The van der Waals surface area contributed by atoms with Gasteiger partial charge >= 0.3 is 6.09 Å². The Morgan fingerprint density at radius 3 is 2.50 bits per heavy atom. The molecular formula is C7H14NO2. The standard InChI is InChI=1S/C7H14NO2/c1-3-5-8(6-4-2)7(9)10/h1,3-6H2,2H3,(H,9,10). The number of nitrogens with zero attached hydrogens (tertiary/aromatic N) is 1. The van der Waals surface area contributed by atoms with E-state index in [-0.39, 0.29) is 0 Å². The molecule has 0 aliphatic rings. The van der Waals surface area contributed by atoms with Gasteiger partial charge in [-0.2, -0.15) is 0 Å². The van der Waals surface area contributed by atoms with Gasteiger partial charge in [-0.3, -0.25) is 0 Å². The number of hydrogen-bond donors (Lipinski definition) is 1. The van der Waals surface area contributed by atoms with E-state index < -0.39 is 6.09 Å². The Labute approximate surface area is 61.6 Å². The molecule has 0 spiro atoms. The summed E-state index contributed by atoms with van der Waals surface area (Å²) in [4.78, 5) is 11.8. The summed E-state index contributed by atoms with van der Waals surface area (Å²) < 4.78 is 0. The molecule has 0 atom stereocenters. The molecule has 10 heavy (non-hydrogen) atoms. The number of rotatable bonds is 4. The molecule has 1 amide bonds. The summed E-state index contributed by atoms with van der Waals surface area (Å²) in [6.07, 6.45) is 0.670. The van der Waals surface area contributed by atoms with Gasteiger partial charge in [-0.15, -0.1) is 0 Å². The first-order valence-corrected chi connectivity index (χ1v) is 3.49. The molecular weight excluding hydrogens is 130 g/mol. The number of carbonyl (C=O) groups is 1. The summed E-state index contributed by atoms with van der Waals surface area (Å²) >= 11 is 0. The third-order valence-electron chi connectivity index (χ3n) is 1.19. The van der Waals surface area contributed by atoms with Gasteiger partial charge in [0.05, 0.1) is 0 Å². The van der Waals surface area contributed by atoms with Gasteiger partial charge in [0.2, 0.25) is 0 Å². The molecule has 0 saturated carbocycles. The van der Waals surface area contributed by atoms with Crippen molar-refractivity contribution in [2.24, 2.45) is 0 Å². The Morgan fingerprint density at radius 2 is 2.20 bits per heavy atom. The average Bonchev–Trinajstić information content (AvgIpc) is 1.87. The SMILES string of the molecule is [CH2]CCN(CCC)C(=O)O. The van der Waals surface area contributed by atoms with Gasteiger partial charge in [-0.25, -0.2) is 4.79 Å². The van der Waals surface area contributed by atoms with Crippen LogP contribution in [0.4, 0.5) is 4.79 Å². The molecule has 0 aliphatic heterocycles. The van der Waals surface area contributed by atoms with E-state index in [1.807, 2.05) is 6.92 Å². The first-order valence-electron chi connectivity index (χ1n) is 3.49.